The third-order valence-corrected chi connectivity index (χ3v) is 9.32. The lowest BCUT2D eigenvalue weighted by Gasteiger charge is -2.38. The first-order valence-electron chi connectivity index (χ1n) is 15.6. The molecule has 2 aliphatic rings. The van der Waals surface area contributed by atoms with Crippen molar-refractivity contribution in [1.29, 1.82) is 0 Å². The minimum atomic E-state index is -4.73. The summed E-state index contributed by atoms with van der Waals surface area (Å²) >= 11 is 0. The molecule has 10 heteroatoms. The van der Waals surface area contributed by atoms with Crippen LogP contribution < -0.4 is 4.74 Å². The normalized spacial score (nSPS) is 22.4. The first-order valence-corrected chi connectivity index (χ1v) is 15.6. The molecule has 0 bridgehead atoms. The highest BCUT2D eigenvalue weighted by molar-refractivity contribution is 5.65. The quantitative estimate of drug-likeness (QED) is 0.125. The summed E-state index contributed by atoms with van der Waals surface area (Å²) in [5, 5.41) is 0. The van der Waals surface area contributed by atoms with E-state index >= 15 is 4.39 Å². The molecule has 0 aromatic heterocycles. The third-order valence-electron chi connectivity index (χ3n) is 9.32. The van der Waals surface area contributed by atoms with Gasteiger partial charge in [-0.25, -0.2) is 26.3 Å². The van der Waals surface area contributed by atoms with Gasteiger partial charge in [0.2, 0.25) is 0 Å². The Morgan fingerprint density at radius 3 is 1.82 bits per heavy atom. The van der Waals surface area contributed by atoms with Gasteiger partial charge < -0.3 is 9.47 Å². The van der Waals surface area contributed by atoms with Crippen LogP contribution in [-0.4, -0.2) is 12.7 Å². The van der Waals surface area contributed by atoms with E-state index in [1.54, 1.807) is 6.07 Å². The molecular weight excluding hydrogens is 604 g/mol. The second kappa shape index (κ2) is 14.1. The molecule has 0 saturated heterocycles. The van der Waals surface area contributed by atoms with Crippen LogP contribution in [0.1, 0.15) is 88.2 Å². The Kier molecular flexibility index (Phi) is 10.4. The van der Waals surface area contributed by atoms with Crippen LogP contribution >= 0.6 is 0 Å². The van der Waals surface area contributed by atoms with E-state index in [1.165, 1.54) is 25.0 Å². The van der Waals surface area contributed by atoms with Gasteiger partial charge in [0.15, 0.2) is 17.5 Å². The summed E-state index contributed by atoms with van der Waals surface area (Å²) in [6.45, 7) is 2.99. The van der Waals surface area contributed by atoms with Crippen molar-refractivity contribution in [1.82, 2.24) is 0 Å². The van der Waals surface area contributed by atoms with Crippen molar-refractivity contribution >= 4 is 0 Å². The van der Waals surface area contributed by atoms with Gasteiger partial charge in [-0.2, -0.15) is 8.78 Å². The maximum atomic E-state index is 15.3. The fourth-order valence-corrected chi connectivity index (χ4v) is 6.86. The van der Waals surface area contributed by atoms with Crippen LogP contribution in [0, 0.1) is 46.7 Å². The second-order valence-corrected chi connectivity index (χ2v) is 12.2. The smallest absolute Gasteiger partial charge is 0.429 e. The molecule has 0 aliphatic heterocycles. The molecular formula is C35H36F8O2. The maximum absolute atomic E-state index is 15.3. The summed E-state index contributed by atoms with van der Waals surface area (Å²) in [6, 6.07) is 5.72. The van der Waals surface area contributed by atoms with E-state index in [-0.39, 0.29) is 29.2 Å². The van der Waals surface area contributed by atoms with Crippen LogP contribution in [0.4, 0.5) is 35.1 Å². The predicted octanol–water partition coefficient (Wildman–Crippen LogP) is 11.0. The summed E-state index contributed by atoms with van der Waals surface area (Å²) in [4.78, 5) is 0. The lowest BCUT2D eigenvalue weighted by Crippen LogP contribution is -2.28. The third kappa shape index (κ3) is 7.64. The number of rotatable bonds is 10. The van der Waals surface area contributed by atoms with Crippen molar-refractivity contribution in [3.8, 4) is 16.9 Å². The Morgan fingerprint density at radius 2 is 1.27 bits per heavy atom. The molecule has 2 aliphatic carbocycles. The van der Waals surface area contributed by atoms with Gasteiger partial charge in [0.25, 0.3) is 0 Å². The van der Waals surface area contributed by atoms with Crippen molar-refractivity contribution in [2.24, 2.45) is 11.8 Å². The zero-order chi connectivity index (χ0) is 32.3. The zero-order valence-corrected chi connectivity index (χ0v) is 25.0. The highest BCUT2D eigenvalue weighted by Gasteiger charge is 2.42. The molecule has 0 N–H and O–H groups in total. The van der Waals surface area contributed by atoms with E-state index in [2.05, 4.69) is 11.7 Å². The standard InChI is InChI=1S/C35H36F8O2/c1-2-3-14-44-25-11-8-21(9-12-25)20-4-6-22(7-5-20)23-10-13-27(28(36)15-23)24-16-29(37)33(30(38)17-24)35(42,43)45-26-18-31(39)34(41)32(40)19-26/h10,13,15-22,25H,2-9,11-12,14H2,1H3. The Labute approximate surface area is 257 Å². The van der Waals surface area contributed by atoms with Gasteiger partial charge in [0.05, 0.1) is 6.10 Å². The lowest BCUT2D eigenvalue weighted by atomic mass is 9.69. The molecule has 45 heavy (non-hydrogen) atoms. The van der Waals surface area contributed by atoms with E-state index in [0.29, 0.717) is 30.1 Å². The van der Waals surface area contributed by atoms with Crippen molar-refractivity contribution in [3.05, 3.63) is 88.5 Å². The number of unbranched alkanes of at least 4 members (excludes halogenated alkanes) is 1. The fourth-order valence-electron chi connectivity index (χ4n) is 6.86. The van der Waals surface area contributed by atoms with Crippen LogP contribution in [0.15, 0.2) is 42.5 Å². The topological polar surface area (TPSA) is 18.5 Å². The Balaban J connectivity index is 1.22. The largest absolute Gasteiger partial charge is 0.432 e. The number of ether oxygens (including phenoxy) is 2. The van der Waals surface area contributed by atoms with Crippen molar-refractivity contribution < 1.29 is 44.6 Å². The summed E-state index contributed by atoms with van der Waals surface area (Å²) in [7, 11) is 0. The zero-order valence-electron chi connectivity index (χ0n) is 25.0. The highest BCUT2D eigenvalue weighted by Crippen LogP contribution is 2.44. The second-order valence-electron chi connectivity index (χ2n) is 12.2. The highest BCUT2D eigenvalue weighted by atomic mass is 19.3. The fraction of sp³-hybridized carbons (Fsp3) is 0.486. The van der Waals surface area contributed by atoms with Crippen molar-refractivity contribution in [3.63, 3.8) is 0 Å². The number of hydrogen-bond donors (Lipinski definition) is 0. The Hall–Kier alpha value is -3.14. The number of alkyl halides is 2. The number of hydrogen-bond acceptors (Lipinski definition) is 2. The van der Waals surface area contributed by atoms with Gasteiger partial charge in [-0.3, -0.25) is 0 Å². The van der Waals surface area contributed by atoms with Gasteiger partial charge in [0, 0.05) is 24.3 Å². The van der Waals surface area contributed by atoms with Crippen LogP contribution in [0.2, 0.25) is 0 Å². The molecule has 5 rings (SSSR count). The maximum Gasteiger partial charge on any atom is 0.432 e. The molecule has 2 fully saturated rings. The molecule has 2 nitrogen and oxygen atoms in total. The first kappa shape index (κ1) is 33.2. The average Bonchev–Trinajstić information content (AvgIpc) is 2.99. The van der Waals surface area contributed by atoms with Gasteiger partial charge in [-0.1, -0.05) is 25.5 Å². The summed E-state index contributed by atoms with van der Waals surface area (Å²) < 4.78 is 125. The Morgan fingerprint density at radius 1 is 0.689 bits per heavy atom. The van der Waals surface area contributed by atoms with Crippen LogP contribution in [0.3, 0.4) is 0 Å². The van der Waals surface area contributed by atoms with Crippen LogP contribution in [-0.2, 0) is 10.8 Å². The van der Waals surface area contributed by atoms with E-state index < -0.39 is 52.3 Å². The molecule has 0 unspecified atom stereocenters. The van der Waals surface area contributed by atoms with Gasteiger partial charge in [-0.15, -0.1) is 0 Å². The summed E-state index contributed by atoms with van der Waals surface area (Å²) in [5.74, 6) is -9.57. The SMILES string of the molecule is CCCCOC1CCC(C2CCC(c3ccc(-c4cc(F)c(C(F)(F)Oc5cc(F)c(F)c(F)c5)c(F)c4)c(F)c3)CC2)CC1. The molecule has 0 amide bonds. The minimum Gasteiger partial charge on any atom is -0.429 e. The molecule has 0 heterocycles. The van der Waals surface area contributed by atoms with Crippen LogP contribution in [0.25, 0.3) is 11.1 Å². The predicted molar refractivity (Wildman–Crippen MR) is 154 cm³/mol. The van der Waals surface area contributed by atoms with Gasteiger partial charge >= 0.3 is 6.11 Å². The summed E-state index contributed by atoms with van der Waals surface area (Å²) in [6.07, 6.45) is 6.31. The molecule has 3 aromatic rings. The first-order chi connectivity index (χ1) is 21.5. The molecule has 244 valence electrons. The lowest BCUT2D eigenvalue weighted by molar-refractivity contribution is -0.189. The number of benzene rings is 3. The van der Waals surface area contributed by atoms with E-state index in [4.69, 9.17) is 4.74 Å². The van der Waals surface area contributed by atoms with E-state index in [0.717, 1.165) is 63.5 Å². The van der Waals surface area contributed by atoms with Gasteiger partial charge in [0.1, 0.15) is 28.8 Å². The van der Waals surface area contributed by atoms with E-state index in [1.807, 2.05) is 0 Å². The average molecular weight is 641 g/mol. The Bertz CT molecular complexity index is 1430. The van der Waals surface area contributed by atoms with Crippen LogP contribution in [0.5, 0.6) is 5.75 Å². The molecule has 2 saturated carbocycles. The molecule has 0 atom stereocenters. The molecule has 0 radical (unpaired) electrons. The summed E-state index contributed by atoms with van der Waals surface area (Å²) in [5.41, 5.74) is -1.56. The molecule has 0 spiro atoms. The molecule has 3 aromatic carbocycles. The minimum absolute atomic E-state index is 0.121. The number of halogens is 8. The monoisotopic (exact) mass is 640 g/mol. The van der Waals surface area contributed by atoms with Crippen molar-refractivity contribution in [2.45, 2.75) is 89.3 Å². The van der Waals surface area contributed by atoms with Crippen molar-refractivity contribution in [2.75, 3.05) is 6.61 Å². The van der Waals surface area contributed by atoms with E-state index in [9.17, 15) is 30.7 Å². The van der Waals surface area contributed by atoms with Gasteiger partial charge in [-0.05, 0) is 105 Å².